The summed E-state index contributed by atoms with van der Waals surface area (Å²) in [6.45, 7) is 5.92. The predicted molar refractivity (Wildman–Crippen MR) is 109 cm³/mol. The lowest BCUT2D eigenvalue weighted by atomic mass is 9.97. The summed E-state index contributed by atoms with van der Waals surface area (Å²) >= 11 is 0. The van der Waals surface area contributed by atoms with Gasteiger partial charge in [0.05, 0.1) is 4.90 Å². The Morgan fingerprint density at radius 2 is 1.74 bits per heavy atom. The fourth-order valence-corrected chi connectivity index (χ4v) is 4.41. The first-order chi connectivity index (χ1) is 13.0. The number of amides is 1. The van der Waals surface area contributed by atoms with Gasteiger partial charge < -0.3 is 4.90 Å². The van der Waals surface area contributed by atoms with E-state index in [-0.39, 0.29) is 10.8 Å². The van der Waals surface area contributed by atoms with E-state index in [1.807, 2.05) is 18.7 Å². The Labute approximate surface area is 163 Å². The minimum absolute atomic E-state index is 0.0418. The van der Waals surface area contributed by atoms with Crippen LogP contribution in [0.3, 0.4) is 0 Å². The van der Waals surface area contributed by atoms with Gasteiger partial charge in [0.25, 0.3) is 5.91 Å². The molecule has 1 aromatic carbocycles. The van der Waals surface area contributed by atoms with E-state index in [0.29, 0.717) is 25.2 Å². The lowest BCUT2D eigenvalue weighted by molar-refractivity contribution is 0.0755. The number of nitrogens with zero attached hydrogens (tertiary/aromatic N) is 1. The largest absolute Gasteiger partial charge is 0.339 e. The van der Waals surface area contributed by atoms with Crippen molar-refractivity contribution in [3.63, 3.8) is 0 Å². The van der Waals surface area contributed by atoms with Gasteiger partial charge in [-0.15, -0.1) is 0 Å². The summed E-state index contributed by atoms with van der Waals surface area (Å²) in [5.74, 6) is -0.0418. The summed E-state index contributed by atoms with van der Waals surface area (Å²) in [6.07, 6.45) is 9.40. The van der Waals surface area contributed by atoms with Crippen molar-refractivity contribution in [3.8, 4) is 0 Å². The molecule has 0 unspecified atom stereocenters. The van der Waals surface area contributed by atoms with Crippen LogP contribution >= 0.6 is 0 Å². The molecule has 0 bridgehead atoms. The van der Waals surface area contributed by atoms with Gasteiger partial charge in [0.2, 0.25) is 10.0 Å². The van der Waals surface area contributed by atoms with Crippen molar-refractivity contribution < 1.29 is 13.2 Å². The SMILES string of the molecule is CCCN(CCC)C(=O)c1ccc(S(=O)(=O)NCCC2=CCCCC2)cc1. The van der Waals surface area contributed by atoms with Crippen LogP contribution in [-0.4, -0.2) is 38.9 Å². The number of benzene rings is 1. The monoisotopic (exact) mass is 392 g/mol. The van der Waals surface area contributed by atoms with E-state index in [1.165, 1.54) is 30.5 Å². The van der Waals surface area contributed by atoms with Crippen molar-refractivity contribution in [1.82, 2.24) is 9.62 Å². The number of sulfonamides is 1. The molecule has 1 N–H and O–H groups in total. The Bertz CT molecular complexity index is 733. The van der Waals surface area contributed by atoms with Crippen molar-refractivity contribution in [2.24, 2.45) is 0 Å². The highest BCUT2D eigenvalue weighted by Gasteiger charge is 2.17. The summed E-state index contributed by atoms with van der Waals surface area (Å²) < 4.78 is 27.6. The maximum absolute atomic E-state index is 12.6. The number of hydrogen-bond acceptors (Lipinski definition) is 3. The molecule has 0 saturated heterocycles. The third kappa shape index (κ3) is 6.47. The van der Waals surface area contributed by atoms with E-state index >= 15 is 0 Å². The van der Waals surface area contributed by atoms with Gasteiger partial charge in [0.15, 0.2) is 0 Å². The van der Waals surface area contributed by atoms with Crippen LogP contribution < -0.4 is 4.72 Å². The topological polar surface area (TPSA) is 66.5 Å². The zero-order valence-electron chi connectivity index (χ0n) is 16.5. The zero-order chi connectivity index (χ0) is 19.7. The molecule has 0 fully saturated rings. The molecule has 0 atom stereocenters. The molecule has 1 amide bonds. The van der Waals surface area contributed by atoms with E-state index < -0.39 is 10.0 Å². The summed E-state index contributed by atoms with van der Waals surface area (Å²) in [5, 5.41) is 0. The Kier molecular flexibility index (Phi) is 8.51. The van der Waals surface area contributed by atoms with Crippen molar-refractivity contribution in [2.45, 2.75) is 63.7 Å². The van der Waals surface area contributed by atoms with Crippen LogP contribution in [0.15, 0.2) is 40.8 Å². The van der Waals surface area contributed by atoms with Gasteiger partial charge in [-0.05, 0) is 69.2 Å². The number of rotatable bonds is 10. The third-order valence-corrected chi connectivity index (χ3v) is 6.29. The maximum Gasteiger partial charge on any atom is 0.253 e. The molecule has 150 valence electrons. The van der Waals surface area contributed by atoms with E-state index in [2.05, 4.69) is 10.8 Å². The van der Waals surface area contributed by atoms with Crippen molar-refractivity contribution in [3.05, 3.63) is 41.5 Å². The molecule has 1 aliphatic carbocycles. The highest BCUT2D eigenvalue weighted by Crippen LogP contribution is 2.20. The number of carbonyl (C=O) groups is 1. The van der Waals surface area contributed by atoms with Crippen LogP contribution in [0, 0.1) is 0 Å². The molecule has 27 heavy (non-hydrogen) atoms. The minimum Gasteiger partial charge on any atom is -0.339 e. The normalized spacial score (nSPS) is 14.7. The van der Waals surface area contributed by atoms with Gasteiger partial charge >= 0.3 is 0 Å². The lowest BCUT2D eigenvalue weighted by Gasteiger charge is -2.21. The standard InChI is InChI=1S/C21H32N2O3S/c1-3-16-23(17-4-2)21(24)19-10-12-20(13-11-19)27(25,26)22-15-14-18-8-6-5-7-9-18/h8,10-13,22H,3-7,9,14-17H2,1-2H3. The highest BCUT2D eigenvalue weighted by atomic mass is 32.2. The second-order valence-electron chi connectivity index (χ2n) is 7.07. The minimum atomic E-state index is -3.55. The number of hydrogen-bond donors (Lipinski definition) is 1. The molecule has 0 spiro atoms. The van der Waals surface area contributed by atoms with Crippen LogP contribution in [0.5, 0.6) is 0 Å². The lowest BCUT2D eigenvalue weighted by Crippen LogP contribution is -2.32. The molecule has 5 nitrogen and oxygen atoms in total. The van der Waals surface area contributed by atoms with E-state index in [4.69, 9.17) is 0 Å². The molecule has 1 aromatic rings. The molecule has 6 heteroatoms. The molecular formula is C21H32N2O3S. The molecule has 0 radical (unpaired) electrons. The first-order valence-corrected chi connectivity index (χ1v) is 11.5. The number of nitrogens with one attached hydrogen (secondary N) is 1. The fraction of sp³-hybridized carbons (Fsp3) is 0.571. The molecule has 0 saturated carbocycles. The van der Waals surface area contributed by atoms with Crippen LogP contribution in [0.4, 0.5) is 0 Å². The Balaban J connectivity index is 1.97. The highest BCUT2D eigenvalue weighted by molar-refractivity contribution is 7.89. The smallest absolute Gasteiger partial charge is 0.253 e. The van der Waals surface area contributed by atoms with E-state index in [0.717, 1.165) is 32.1 Å². The molecule has 0 aromatic heterocycles. The third-order valence-electron chi connectivity index (χ3n) is 4.81. The van der Waals surface area contributed by atoms with Gasteiger partial charge in [-0.25, -0.2) is 13.1 Å². The molecule has 2 rings (SSSR count). The average molecular weight is 393 g/mol. The van der Waals surface area contributed by atoms with Crippen LogP contribution in [-0.2, 0) is 10.0 Å². The maximum atomic E-state index is 12.6. The fourth-order valence-electron chi connectivity index (χ4n) is 3.37. The zero-order valence-corrected chi connectivity index (χ0v) is 17.4. The van der Waals surface area contributed by atoms with Crippen molar-refractivity contribution in [2.75, 3.05) is 19.6 Å². The summed E-state index contributed by atoms with van der Waals surface area (Å²) in [6, 6.07) is 6.26. The number of carbonyl (C=O) groups excluding carboxylic acids is 1. The van der Waals surface area contributed by atoms with Gasteiger partial charge in [-0.2, -0.15) is 0 Å². The molecular weight excluding hydrogens is 360 g/mol. The Morgan fingerprint density at radius 3 is 2.30 bits per heavy atom. The second-order valence-corrected chi connectivity index (χ2v) is 8.84. The van der Waals surface area contributed by atoms with E-state index in [1.54, 1.807) is 12.1 Å². The van der Waals surface area contributed by atoms with Crippen LogP contribution in [0.1, 0.15) is 69.2 Å². The van der Waals surface area contributed by atoms with Crippen LogP contribution in [0.25, 0.3) is 0 Å². The van der Waals surface area contributed by atoms with E-state index in [9.17, 15) is 13.2 Å². The molecule has 1 aliphatic rings. The summed E-state index contributed by atoms with van der Waals surface area (Å²) in [4.78, 5) is 14.6. The first kappa shape index (κ1) is 21.6. The van der Waals surface area contributed by atoms with Gasteiger partial charge in [-0.3, -0.25) is 4.79 Å². The van der Waals surface area contributed by atoms with Gasteiger partial charge in [0, 0.05) is 25.2 Å². The summed E-state index contributed by atoms with van der Waals surface area (Å²) in [5.41, 5.74) is 1.88. The molecule has 0 aliphatic heterocycles. The second kappa shape index (κ2) is 10.6. The van der Waals surface area contributed by atoms with Crippen molar-refractivity contribution >= 4 is 15.9 Å². The predicted octanol–water partition coefficient (Wildman–Crippen LogP) is 4.12. The quantitative estimate of drug-likeness (QED) is 0.609. The van der Waals surface area contributed by atoms with Gasteiger partial charge in [0.1, 0.15) is 0 Å². The molecule has 0 heterocycles. The Morgan fingerprint density at radius 1 is 1.07 bits per heavy atom. The summed E-state index contributed by atoms with van der Waals surface area (Å²) in [7, 11) is -3.55. The average Bonchev–Trinajstić information content (AvgIpc) is 2.68. The van der Waals surface area contributed by atoms with Gasteiger partial charge in [-0.1, -0.05) is 25.5 Å². The Hall–Kier alpha value is -1.66. The number of allylic oxidation sites excluding steroid dienone is 1. The van der Waals surface area contributed by atoms with Crippen LogP contribution in [0.2, 0.25) is 0 Å². The first-order valence-electron chi connectivity index (χ1n) is 10.0. The van der Waals surface area contributed by atoms with Crippen molar-refractivity contribution in [1.29, 1.82) is 0 Å².